The lowest BCUT2D eigenvalue weighted by Gasteiger charge is -2.09. The molecule has 3 heteroatoms. The van der Waals surface area contributed by atoms with Crippen molar-refractivity contribution in [2.24, 2.45) is 0 Å². The third kappa shape index (κ3) is 3.48. The Labute approximate surface area is 111 Å². The normalized spacial score (nSPS) is 10.8. The molecule has 2 rings (SSSR count). The van der Waals surface area contributed by atoms with Crippen LogP contribution >= 0.6 is 22.9 Å². The van der Waals surface area contributed by atoms with Crippen LogP contribution in [0.25, 0.3) is 0 Å². The second-order valence-corrected chi connectivity index (χ2v) is 5.80. The molecule has 0 aliphatic carbocycles. The maximum atomic E-state index is 5.89. The largest absolute Gasteiger partial charge is 0.380 e. The van der Waals surface area contributed by atoms with E-state index < -0.39 is 0 Å². The number of halogens is 1. The van der Waals surface area contributed by atoms with Crippen LogP contribution in [0.4, 0.5) is 5.69 Å². The number of benzene rings is 1. The highest BCUT2D eigenvalue weighted by molar-refractivity contribution is 7.10. The summed E-state index contributed by atoms with van der Waals surface area (Å²) in [5.41, 5.74) is 2.53. The van der Waals surface area contributed by atoms with E-state index in [0.29, 0.717) is 5.92 Å². The Bertz CT molecular complexity index is 490. The van der Waals surface area contributed by atoms with Gasteiger partial charge in [0, 0.05) is 22.5 Å². The summed E-state index contributed by atoms with van der Waals surface area (Å²) in [6.45, 7) is 5.25. The van der Waals surface area contributed by atoms with Crippen molar-refractivity contribution in [2.75, 3.05) is 5.32 Å². The van der Waals surface area contributed by atoms with E-state index in [1.807, 2.05) is 11.4 Å². The van der Waals surface area contributed by atoms with E-state index >= 15 is 0 Å². The van der Waals surface area contributed by atoms with Gasteiger partial charge in [0.25, 0.3) is 0 Å². The lowest BCUT2D eigenvalue weighted by atomic mass is 10.0. The van der Waals surface area contributed by atoms with Crippen LogP contribution in [0.2, 0.25) is 5.02 Å². The molecule has 0 fully saturated rings. The first-order chi connectivity index (χ1) is 8.15. The molecule has 17 heavy (non-hydrogen) atoms. The van der Waals surface area contributed by atoms with Gasteiger partial charge in [-0.2, -0.15) is 0 Å². The van der Waals surface area contributed by atoms with E-state index in [0.717, 1.165) is 11.6 Å². The highest BCUT2D eigenvalue weighted by Gasteiger charge is 2.01. The Kier molecular flexibility index (Phi) is 4.08. The van der Waals surface area contributed by atoms with Gasteiger partial charge < -0.3 is 5.32 Å². The van der Waals surface area contributed by atoms with Gasteiger partial charge in [0.05, 0.1) is 5.02 Å². The fraction of sp³-hybridized carbons (Fsp3) is 0.286. The van der Waals surface area contributed by atoms with Gasteiger partial charge in [-0.1, -0.05) is 37.6 Å². The molecule has 1 aromatic heterocycles. The molecule has 0 bridgehead atoms. The first-order valence-electron chi connectivity index (χ1n) is 5.72. The Balaban J connectivity index is 2.01. The van der Waals surface area contributed by atoms with Gasteiger partial charge >= 0.3 is 0 Å². The summed E-state index contributed by atoms with van der Waals surface area (Å²) in [4.78, 5) is 1.25. The van der Waals surface area contributed by atoms with Crippen molar-refractivity contribution in [1.29, 1.82) is 0 Å². The predicted octanol–water partition coefficient (Wildman–Crippen LogP) is 5.14. The standard InChI is InChI=1S/C14H16ClNS/c1-10(2)11-4-3-5-13(6-11)16-8-14-7-12(15)9-17-14/h3-7,9-10,16H,8H2,1-2H3. The van der Waals surface area contributed by atoms with E-state index in [1.165, 1.54) is 16.1 Å². The van der Waals surface area contributed by atoms with Gasteiger partial charge in [0.15, 0.2) is 0 Å². The average molecular weight is 266 g/mol. The average Bonchev–Trinajstić information content (AvgIpc) is 2.73. The second-order valence-electron chi connectivity index (χ2n) is 4.36. The minimum atomic E-state index is 0.563. The quantitative estimate of drug-likeness (QED) is 0.807. The highest BCUT2D eigenvalue weighted by Crippen LogP contribution is 2.22. The zero-order valence-electron chi connectivity index (χ0n) is 10.0. The molecule has 0 aliphatic heterocycles. The highest BCUT2D eigenvalue weighted by atomic mass is 35.5. The number of thiophene rings is 1. The number of hydrogen-bond acceptors (Lipinski definition) is 2. The Morgan fingerprint density at radius 1 is 1.29 bits per heavy atom. The molecule has 1 aromatic carbocycles. The maximum absolute atomic E-state index is 5.89. The Morgan fingerprint density at radius 3 is 2.76 bits per heavy atom. The summed E-state index contributed by atoms with van der Waals surface area (Å²) < 4.78 is 0. The summed E-state index contributed by atoms with van der Waals surface area (Å²) in [6.07, 6.45) is 0. The van der Waals surface area contributed by atoms with Crippen molar-refractivity contribution in [3.8, 4) is 0 Å². The van der Waals surface area contributed by atoms with Crippen molar-refractivity contribution in [3.63, 3.8) is 0 Å². The van der Waals surface area contributed by atoms with Crippen molar-refractivity contribution in [2.45, 2.75) is 26.3 Å². The third-order valence-electron chi connectivity index (χ3n) is 2.64. The topological polar surface area (TPSA) is 12.0 Å². The molecule has 1 nitrogen and oxygen atoms in total. The van der Waals surface area contributed by atoms with Crippen LogP contribution in [-0.4, -0.2) is 0 Å². The first kappa shape index (κ1) is 12.5. The Hall–Kier alpha value is -0.990. The molecule has 0 spiro atoms. The van der Waals surface area contributed by atoms with E-state index in [-0.39, 0.29) is 0 Å². The van der Waals surface area contributed by atoms with Crippen molar-refractivity contribution >= 4 is 28.6 Å². The van der Waals surface area contributed by atoms with Crippen LogP contribution in [0.1, 0.15) is 30.2 Å². The van der Waals surface area contributed by atoms with Gasteiger partial charge in [0.2, 0.25) is 0 Å². The molecule has 0 atom stereocenters. The zero-order chi connectivity index (χ0) is 12.3. The summed E-state index contributed by atoms with van der Waals surface area (Å²) in [6, 6.07) is 10.6. The molecule has 0 aliphatic rings. The van der Waals surface area contributed by atoms with Crippen LogP contribution in [0, 0.1) is 0 Å². The predicted molar refractivity (Wildman–Crippen MR) is 77.2 cm³/mol. The van der Waals surface area contributed by atoms with Crippen LogP contribution < -0.4 is 5.32 Å². The van der Waals surface area contributed by atoms with Crippen LogP contribution in [-0.2, 0) is 6.54 Å². The lowest BCUT2D eigenvalue weighted by molar-refractivity contribution is 0.866. The van der Waals surface area contributed by atoms with Crippen molar-refractivity contribution < 1.29 is 0 Å². The van der Waals surface area contributed by atoms with Gasteiger partial charge in [0.1, 0.15) is 0 Å². The molecule has 1 N–H and O–H groups in total. The SMILES string of the molecule is CC(C)c1cccc(NCc2cc(Cl)cs2)c1. The van der Waals surface area contributed by atoms with Crippen LogP contribution in [0.15, 0.2) is 35.7 Å². The molecule has 0 saturated heterocycles. The van der Waals surface area contributed by atoms with Crippen LogP contribution in [0.3, 0.4) is 0 Å². The molecule has 90 valence electrons. The number of anilines is 1. The molecule has 0 radical (unpaired) electrons. The maximum Gasteiger partial charge on any atom is 0.0516 e. The second kappa shape index (κ2) is 5.56. The van der Waals surface area contributed by atoms with Gasteiger partial charge in [-0.25, -0.2) is 0 Å². The summed E-state index contributed by atoms with van der Waals surface area (Å²) >= 11 is 7.58. The lowest BCUT2D eigenvalue weighted by Crippen LogP contribution is -1.98. The van der Waals surface area contributed by atoms with E-state index in [9.17, 15) is 0 Å². The minimum absolute atomic E-state index is 0.563. The summed E-state index contributed by atoms with van der Waals surface area (Å²) in [5.74, 6) is 0.563. The molecule has 1 heterocycles. The molecular formula is C14H16ClNS. The fourth-order valence-electron chi connectivity index (χ4n) is 1.64. The van der Waals surface area contributed by atoms with E-state index in [1.54, 1.807) is 11.3 Å². The number of rotatable bonds is 4. The van der Waals surface area contributed by atoms with Crippen molar-refractivity contribution in [3.05, 3.63) is 51.2 Å². The van der Waals surface area contributed by atoms with Gasteiger partial charge in [-0.05, 0) is 29.7 Å². The number of nitrogens with one attached hydrogen (secondary N) is 1. The molecule has 0 amide bonds. The summed E-state index contributed by atoms with van der Waals surface area (Å²) in [7, 11) is 0. The molecule has 0 saturated carbocycles. The summed E-state index contributed by atoms with van der Waals surface area (Å²) in [5, 5.41) is 6.20. The number of hydrogen-bond donors (Lipinski definition) is 1. The third-order valence-corrected chi connectivity index (χ3v) is 3.93. The first-order valence-corrected chi connectivity index (χ1v) is 6.97. The van der Waals surface area contributed by atoms with Gasteiger partial charge in [-0.3, -0.25) is 0 Å². The molecular weight excluding hydrogens is 250 g/mol. The monoisotopic (exact) mass is 265 g/mol. The molecule has 0 unspecified atom stereocenters. The minimum Gasteiger partial charge on any atom is -0.380 e. The van der Waals surface area contributed by atoms with E-state index in [2.05, 4.69) is 43.4 Å². The molecule has 2 aromatic rings. The Morgan fingerprint density at radius 2 is 2.12 bits per heavy atom. The fourth-order valence-corrected chi connectivity index (χ4v) is 2.66. The zero-order valence-corrected chi connectivity index (χ0v) is 11.6. The van der Waals surface area contributed by atoms with Crippen LogP contribution in [0.5, 0.6) is 0 Å². The smallest absolute Gasteiger partial charge is 0.0516 e. The van der Waals surface area contributed by atoms with E-state index in [4.69, 9.17) is 11.6 Å². The van der Waals surface area contributed by atoms with Gasteiger partial charge in [-0.15, -0.1) is 11.3 Å². The van der Waals surface area contributed by atoms with Crippen molar-refractivity contribution in [1.82, 2.24) is 0 Å².